The van der Waals surface area contributed by atoms with Crippen LogP contribution in [0.15, 0.2) is 54.6 Å². The maximum absolute atomic E-state index is 13.4. The van der Waals surface area contributed by atoms with Gasteiger partial charge < -0.3 is 20.4 Å². The molecular weight excluding hydrogens is 410 g/mol. The van der Waals surface area contributed by atoms with Crippen molar-refractivity contribution in [2.24, 2.45) is 0 Å². The van der Waals surface area contributed by atoms with Crippen LogP contribution in [0, 0.1) is 0 Å². The van der Waals surface area contributed by atoms with Crippen molar-refractivity contribution in [2.45, 2.75) is 6.92 Å². The molecule has 1 aliphatic rings. The van der Waals surface area contributed by atoms with Gasteiger partial charge in [-0.2, -0.15) is 0 Å². The fourth-order valence-corrected chi connectivity index (χ4v) is 4.08. The first kappa shape index (κ1) is 21.5. The molecule has 0 unspecified atom stereocenters. The Hall–Kier alpha value is -3.75. The van der Waals surface area contributed by atoms with Crippen molar-refractivity contribution in [2.75, 3.05) is 41.4 Å². The molecule has 1 aliphatic heterocycles. The maximum atomic E-state index is 13.4. The van der Waals surface area contributed by atoms with Crippen molar-refractivity contribution < 1.29 is 24.6 Å². The Kier molecular flexibility index (Phi) is 5.89. The van der Waals surface area contributed by atoms with Crippen molar-refractivity contribution in [1.82, 2.24) is 0 Å². The van der Waals surface area contributed by atoms with Gasteiger partial charge in [0.25, 0.3) is 11.8 Å². The number of amides is 3. The van der Waals surface area contributed by atoms with Crippen LogP contribution in [-0.4, -0.2) is 54.2 Å². The molecule has 0 saturated heterocycles. The number of benzene rings is 3. The van der Waals surface area contributed by atoms with Crippen LogP contribution in [0.4, 0.5) is 17.1 Å². The van der Waals surface area contributed by atoms with Gasteiger partial charge in [0.15, 0.2) is 0 Å². The lowest BCUT2D eigenvalue weighted by atomic mass is 9.92. The predicted molar refractivity (Wildman–Crippen MR) is 122 cm³/mol. The molecule has 8 nitrogen and oxygen atoms in total. The Balaban J connectivity index is 1.80. The summed E-state index contributed by atoms with van der Waals surface area (Å²) in [4.78, 5) is 40.9. The van der Waals surface area contributed by atoms with Gasteiger partial charge in [-0.05, 0) is 42.5 Å². The fraction of sp³-hybridized carbons (Fsp3) is 0.208. The van der Waals surface area contributed by atoms with Crippen LogP contribution in [0.5, 0.6) is 0 Å². The number of aliphatic hydroxyl groups is 2. The third-order valence-electron chi connectivity index (χ3n) is 5.41. The van der Waals surface area contributed by atoms with Gasteiger partial charge in [-0.1, -0.05) is 12.1 Å². The minimum Gasteiger partial charge on any atom is -0.395 e. The summed E-state index contributed by atoms with van der Waals surface area (Å²) < 4.78 is 0. The van der Waals surface area contributed by atoms with E-state index in [9.17, 15) is 24.6 Å². The van der Waals surface area contributed by atoms with Crippen LogP contribution in [0.1, 0.15) is 27.6 Å². The molecule has 4 rings (SSSR count). The number of nitrogens with one attached hydrogen (secondary N) is 1. The zero-order valence-corrected chi connectivity index (χ0v) is 17.5. The number of rotatable bonds is 7. The highest BCUT2D eigenvalue weighted by molar-refractivity contribution is 6.36. The monoisotopic (exact) mass is 433 g/mol. The molecule has 32 heavy (non-hydrogen) atoms. The second-order valence-electron chi connectivity index (χ2n) is 7.47. The lowest BCUT2D eigenvalue weighted by Crippen LogP contribution is -2.40. The minimum absolute atomic E-state index is 0.0942. The van der Waals surface area contributed by atoms with Crippen LogP contribution in [0.3, 0.4) is 0 Å². The van der Waals surface area contributed by atoms with Gasteiger partial charge in [0, 0.05) is 53.3 Å². The molecule has 164 valence electrons. The number of anilines is 3. The van der Waals surface area contributed by atoms with E-state index in [0.29, 0.717) is 46.4 Å². The molecule has 3 aromatic carbocycles. The summed E-state index contributed by atoms with van der Waals surface area (Å²) in [5.74, 6) is -1.09. The molecule has 0 aromatic heterocycles. The highest BCUT2D eigenvalue weighted by Gasteiger charge is 2.34. The molecule has 0 bridgehead atoms. The number of imide groups is 1. The number of carbonyl (C=O) groups is 3. The number of nitrogens with zero attached hydrogens (tertiary/aromatic N) is 2. The molecule has 0 radical (unpaired) electrons. The van der Waals surface area contributed by atoms with Crippen molar-refractivity contribution in [3.8, 4) is 0 Å². The van der Waals surface area contributed by atoms with Crippen molar-refractivity contribution in [1.29, 1.82) is 0 Å². The van der Waals surface area contributed by atoms with Crippen LogP contribution in [0.25, 0.3) is 10.8 Å². The normalized spacial score (nSPS) is 12.9. The summed E-state index contributed by atoms with van der Waals surface area (Å²) >= 11 is 0. The first-order valence-corrected chi connectivity index (χ1v) is 10.2. The molecule has 0 spiro atoms. The summed E-state index contributed by atoms with van der Waals surface area (Å²) in [6.07, 6.45) is 0. The smallest absolute Gasteiger partial charge is 0.265 e. The van der Waals surface area contributed by atoms with E-state index in [0.717, 1.165) is 10.6 Å². The van der Waals surface area contributed by atoms with Crippen molar-refractivity contribution in [3.05, 3.63) is 65.7 Å². The first-order valence-electron chi connectivity index (χ1n) is 10.2. The minimum atomic E-state index is -0.437. The molecule has 8 heteroatoms. The highest BCUT2D eigenvalue weighted by atomic mass is 16.3. The van der Waals surface area contributed by atoms with Gasteiger partial charge in [0.05, 0.1) is 18.9 Å². The SMILES string of the molecule is CC(=O)Nc1ccc(N2C(=O)c3cccc4c(N(CCO)CCO)ccc(c34)C2=O)cc1. The Morgan fingerprint density at radius 1 is 0.906 bits per heavy atom. The average Bonchev–Trinajstić information content (AvgIpc) is 2.78. The topological polar surface area (TPSA) is 110 Å². The van der Waals surface area contributed by atoms with Crippen molar-refractivity contribution >= 4 is 45.6 Å². The fourth-order valence-electron chi connectivity index (χ4n) is 4.08. The van der Waals surface area contributed by atoms with Crippen LogP contribution < -0.4 is 15.1 Å². The van der Waals surface area contributed by atoms with Gasteiger partial charge in [-0.15, -0.1) is 0 Å². The van der Waals surface area contributed by atoms with E-state index in [1.165, 1.54) is 6.92 Å². The van der Waals surface area contributed by atoms with Gasteiger partial charge in [-0.25, -0.2) is 4.90 Å². The third kappa shape index (κ3) is 3.70. The van der Waals surface area contributed by atoms with Gasteiger partial charge >= 0.3 is 0 Å². The molecule has 3 amide bonds. The predicted octanol–water partition coefficient (Wildman–Crippen LogP) is 2.39. The van der Waals surface area contributed by atoms with E-state index in [2.05, 4.69) is 5.32 Å². The van der Waals surface area contributed by atoms with Gasteiger partial charge in [0.2, 0.25) is 5.91 Å². The average molecular weight is 433 g/mol. The molecular formula is C24H23N3O5. The van der Waals surface area contributed by atoms with E-state index >= 15 is 0 Å². The highest BCUT2D eigenvalue weighted by Crippen LogP contribution is 2.37. The molecule has 1 heterocycles. The Morgan fingerprint density at radius 3 is 2.12 bits per heavy atom. The van der Waals surface area contributed by atoms with E-state index in [1.807, 2.05) is 11.0 Å². The van der Waals surface area contributed by atoms with Crippen LogP contribution in [-0.2, 0) is 4.79 Å². The van der Waals surface area contributed by atoms with Crippen LogP contribution in [0.2, 0.25) is 0 Å². The van der Waals surface area contributed by atoms with E-state index in [-0.39, 0.29) is 19.1 Å². The molecule has 0 atom stereocenters. The zero-order chi connectivity index (χ0) is 22.8. The number of carbonyl (C=O) groups excluding carboxylic acids is 3. The second-order valence-corrected chi connectivity index (χ2v) is 7.47. The first-order chi connectivity index (χ1) is 15.5. The summed E-state index contributed by atoms with van der Waals surface area (Å²) in [6, 6.07) is 15.2. The summed E-state index contributed by atoms with van der Waals surface area (Å²) in [7, 11) is 0. The number of hydrogen-bond acceptors (Lipinski definition) is 6. The van der Waals surface area contributed by atoms with Gasteiger partial charge in [-0.3, -0.25) is 14.4 Å². The van der Waals surface area contributed by atoms with E-state index in [4.69, 9.17) is 0 Å². The zero-order valence-electron chi connectivity index (χ0n) is 17.5. The van der Waals surface area contributed by atoms with E-state index in [1.54, 1.807) is 48.5 Å². The molecule has 3 aromatic rings. The second kappa shape index (κ2) is 8.78. The largest absolute Gasteiger partial charge is 0.395 e. The maximum Gasteiger partial charge on any atom is 0.265 e. The molecule has 0 aliphatic carbocycles. The van der Waals surface area contributed by atoms with Crippen molar-refractivity contribution in [3.63, 3.8) is 0 Å². The quantitative estimate of drug-likeness (QED) is 0.494. The molecule has 0 fully saturated rings. The number of hydrogen-bond donors (Lipinski definition) is 3. The lowest BCUT2D eigenvalue weighted by Gasteiger charge is -2.30. The van der Waals surface area contributed by atoms with Gasteiger partial charge in [0.1, 0.15) is 0 Å². The summed E-state index contributed by atoms with van der Waals surface area (Å²) in [5, 5.41) is 22.8. The van der Waals surface area contributed by atoms with Crippen LogP contribution >= 0.6 is 0 Å². The Bertz CT molecular complexity index is 1180. The summed E-state index contributed by atoms with van der Waals surface area (Å²) in [5.41, 5.74) is 2.51. The third-order valence-corrected chi connectivity index (χ3v) is 5.41. The number of aliphatic hydroxyl groups excluding tert-OH is 2. The van der Waals surface area contributed by atoms with E-state index < -0.39 is 11.8 Å². The lowest BCUT2D eigenvalue weighted by molar-refractivity contribution is -0.114. The summed E-state index contributed by atoms with van der Waals surface area (Å²) in [6.45, 7) is 1.84. The molecule has 0 saturated carbocycles. The Morgan fingerprint density at radius 2 is 1.53 bits per heavy atom. The Labute approximate surface area is 184 Å². The standard InChI is InChI=1S/C24H23N3O5/c1-15(30)25-16-5-7-17(8-6-16)27-23(31)19-4-2-3-18-21(26(11-13-28)12-14-29)10-9-20(22(18)19)24(27)32/h2-10,28-29H,11-14H2,1H3,(H,25,30). The molecule has 3 N–H and O–H groups in total.